The molecule has 0 saturated heterocycles. The second kappa shape index (κ2) is 5.00. The van der Waals surface area contributed by atoms with E-state index in [1.165, 1.54) is 0 Å². The number of rotatable bonds is 1. The van der Waals surface area contributed by atoms with E-state index in [2.05, 4.69) is 16.9 Å². The van der Waals surface area contributed by atoms with Crippen LogP contribution in [0.25, 0.3) is 0 Å². The van der Waals surface area contributed by atoms with Crippen molar-refractivity contribution in [3.63, 3.8) is 0 Å². The van der Waals surface area contributed by atoms with Crippen LogP contribution in [-0.2, 0) is 5.72 Å². The smallest absolute Gasteiger partial charge is 0.190 e. The molecule has 0 bridgehead atoms. The molecule has 20 heavy (non-hydrogen) atoms. The molecule has 2 rings (SSSR count). The molecule has 98 valence electrons. The summed E-state index contributed by atoms with van der Waals surface area (Å²) in [5, 5.41) is 31.7. The Morgan fingerprint density at radius 3 is 2.45 bits per heavy atom. The number of nitriles is 2. The Kier molecular flexibility index (Phi) is 3.39. The first-order chi connectivity index (χ1) is 9.52. The van der Waals surface area contributed by atoms with Crippen molar-refractivity contribution in [2.45, 2.75) is 12.6 Å². The van der Waals surface area contributed by atoms with Crippen molar-refractivity contribution in [1.82, 2.24) is 5.32 Å². The Hall–Kier alpha value is -2.89. The largest absolute Gasteiger partial charge is 0.363 e. The first-order valence-electron chi connectivity index (χ1n) is 5.88. The zero-order valence-corrected chi connectivity index (χ0v) is 10.9. The highest BCUT2D eigenvalue weighted by Gasteiger charge is 2.37. The van der Waals surface area contributed by atoms with Crippen LogP contribution < -0.4 is 5.32 Å². The second-order valence-corrected chi connectivity index (χ2v) is 4.32. The van der Waals surface area contributed by atoms with Gasteiger partial charge in [-0.3, -0.25) is 0 Å². The fraction of sp³-hybridized carbons (Fsp3) is 0.133. The molecule has 1 aromatic rings. The highest BCUT2D eigenvalue weighted by atomic mass is 16.3. The van der Waals surface area contributed by atoms with E-state index in [0.717, 1.165) is 0 Å². The van der Waals surface area contributed by atoms with E-state index in [-0.39, 0.29) is 11.4 Å². The number of allylic oxidation sites excluding steroid dienone is 2. The predicted molar refractivity (Wildman–Crippen MR) is 74.0 cm³/mol. The summed E-state index contributed by atoms with van der Waals surface area (Å²) in [6.45, 7) is 5.47. The van der Waals surface area contributed by atoms with Gasteiger partial charge in [0.05, 0.1) is 0 Å². The van der Waals surface area contributed by atoms with Crippen molar-refractivity contribution < 1.29 is 5.11 Å². The lowest BCUT2D eigenvalue weighted by Gasteiger charge is -2.30. The summed E-state index contributed by atoms with van der Waals surface area (Å²) in [7, 11) is 0. The van der Waals surface area contributed by atoms with Gasteiger partial charge in [-0.15, -0.1) is 0 Å². The molecule has 5 heteroatoms. The first-order valence-corrected chi connectivity index (χ1v) is 5.88. The van der Waals surface area contributed by atoms with E-state index in [4.69, 9.17) is 10.5 Å². The molecular formula is C15H12N4O. The quantitative estimate of drug-likeness (QED) is 0.807. The Balaban J connectivity index is 2.65. The molecule has 2 N–H and O–H groups in total. The monoisotopic (exact) mass is 264 g/mol. The van der Waals surface area contributed by atoms with Gasteiger partial charge in [0.2, 0.25) is 0 Å². The minimum atomic E-state index is -1.67. The molecule has 0 aliphatic carbocycles. The zero-order valence-electron chi connectivity index (χ0n) is 10.9. The van der Waals surface area contributed by atoms with Crippen LogP contribution in [0.4, 0.5) is 0 Å². The molecule has 0 aromatic heterocycles. The molecule has 5 nitrogen and oxygen atoms in total. The van der Waals surface area contributed by atoms with E-state index in [9.17, 15) is 5.11 Å². The molecular weight excluding hydrogens is 252 g/mol. The third-order valence-electron chi connectivity index (χ3n) is 3.10. The van der Waals surface area contributed by atoms with Crippen LogP contribution in [0.1, 0.15) is 12.5 Å². The van der Waals surface area contributed by atoms with Crippen molar-refractivity contribution in [1.29, 1.82) is 10.5 Å². The van der Waals surface area contributed by atoms with Crippen LogP contribution in [0.15, 0.2) is 58.9 Å². The number of nitrogens with one attached hydrogen (secondary N) is 1. The minimum Gasteiger partial charge on any atom is -0.363 e. The van der Waals surface area contributed by atoms with Gasteiger partial charge in [0.15, 0.2) is 17.1 Å². The summed E-state index contributed by atoms with van der Waals surface area (Å²) in [5.41, 5.74) is -0.618. The predicted octanol–water partition coefficient (Wildman–Crippen LogP) is 1.71. The fourth-order valence-corrected chi connectivity index (χ4v) is 1.96. The van der Waals surface area contributed by atoms with Crippen molar-refractivity contribution in [3.05, 3.63) is 59.4 Å². The van der Waals surface area contributed by atoms with Gasteiger partial charge < -0.3 is 10.4 Å². The van der Waals surface area contributed by atoms with E-state index < -0.39 is 5.72 Å². The van der Waals surface area contributed by atoms with Gasteiger partial charge in [0.1, 0.15) is 12.1 Å². The van der Waals surface area contributed by atoms with Gasteiger partial charge in [-0.1, -0.05) is 36.9 Å². The summed E-state index contributed by atoms with van der Waals surface area (Å²) in [6.07, 6.45) is 0. The molecule has 0 fully saturated rings. The zero-order chi connectivity index (χ0) is 14.8. The third-order valence-corrected chi connectivity index (χ3v) is 3.10. The van der Waals surface area contributed by atoms with Crippen LogP contribution in [0, 0.1) is 22.7 Å². The molecule has 0 saturated carbocycles. The maximum Gasteiger partial charge on any atom is 0.190 e. The van der Waals surface area contributed by atoms with Gasteiger partial charge >= 0.3 is 0 Å². The molecule has 0 amide bonds. The number of aliphatic hydroxyl groups is 1. The van der Waals surface area contributed by atoms with Crippen molar-refractivity contribution in [3.8, 4) is 12.1 Å². The lowest BCUT2D eigenvalue weighted by Crippen LogP contribution is -2.44. The van der Waals surface area contributed by atoms with E-state index in [1.54, 1.807) is 31.2 Å². The number of nitrogens with zero attached hydrogens (tertiary/aromatic N) is 3. The SMILES string of the molecule is C=C1C(C)=NC(C#N)=C(C#N)N[C@]1(O)c1ccccc1. The maximum atomic E-state index is 10.9. The van der Waals surface area contributed by atoms with Crippen molar-refractivity contribution in [2.75, 3.05) is 0 Å². The minimum absolute atomic E-state index is 0.0713. The van der Waals surface area contributed by atoms with E-state index in [1.807, 2.05) is 18.2 Å². The number of benzene rings is 1. The average Bonchev–Trinajstić information content (AvgIpc) is 2.58. The normalized spacial score (nSPS) is 22.2. The summed E-state index contributed by atoms with van der Waals surface area (Å²) in [4.78, 5) is 4.04. The number of hydrogen-bond acceptors (Lipinski definition) is 5. The Bertz CT molecular complexity index is 704. The maximum absolute atomic E-state index is 10.9. The van der Waals surface area contributed by atoms with Crippen LogP contribution >= 0.6 is 0 Å². The standard InChI is InChI=1S/C15H12N4O/c1-10-11(2)18-13(8-16)14(9-17)19-15(10,20)12-6-4-3-5-7-12/h3-7,19-20H,1H2,2H3/t15-/m1/s1. The first kappa shape index (κ1) is 13.5. The second-order valence-electron chi connectivity index (χ2n) is 4.32. The number of aliphatic imine (C=N–C) groups is 1. The van der Waals surface area contributed by atoms with Crippen LogP contribution in [-0.4, -0.2) is 10.8 Å². The molecule has 0 radical (unpaired) electrons. The van der Waals surface area contributed by atoms with Gasteiger partial charge in [0.25, 0.3) is 0 Å². The lowest BCUT2D eigenvalue weighted by atomic mass is 9.92. The molecule has 1 aliphatic rings. The van der Waals surface area contributed by atoms with Crippen LogP contribution in [0.2, 0.25) is 0 Å². The molecule has 1 heterocycles. The van der Waals surface area contributed by atoms with Crippen molar-refractivity contribution >= 4 is 5.71 Å². The van der Waals surface area contributed by atoms with Crippen LogP contribution in [0.5, 0.6) is 0 Å². The molecule has 0 unspecified atom stereocenters. The summed E-state index contributed by atoms with van der Waals surface area (Å²) in [5.74, 6) is 0. The van der Waals surface area contributed by atoms with Crippen molar-refractivity contribution in [2.24, 2.45) is 4.99 Å². The third kappa shape index (κ3) is 2.07. The molecule has 1 atom stereocenters. The summed E-state index contributed by atoms with van der Waals surface area (Å²) >= 11 is 0. The summed E-state index contributed by atoms with van der Waals surface area (Å²) in [6, 6.07) is 12.4. The van der Waals surface area contributed by atoms with E-state index >= 15 is 0 Å². The average molecular weight is 264 g/mol. The van der Waals surface area contributed by atoms with E-state index in [0.29, 0.717) is 16.8 Å². The number of hydrogen-bond donors (Lipinski definition) is 2. The lowest BCUT2D eigenvalue weighted by molar-refractivity contribution is 0.0580. The highest BCUT2D eigenvalue weighted by molar-refractivity contribution is 6.01. The van der Waals surface area contributed by atoms with Gasteiger partial charge in [-0.2, -0.15) is 10.5 Å². The van der Waals surface area contributed by atoms with Gasteiger partial charge in [-0.25, -0.2) is 4.99 Å². The van der Waals surface area contributed by atoms with Gasteiger partial charge in [-0.05, 0) is 6.92 Å². The highest BCUT2D eigenvalue weighted by Crippen LogP contribution is 2.30. The Morgan fingerprint density at radius 1 is 1.25 bits per heavy atom. The Labute approximate surface area is 116 Å². The van der Waals surface area contributed by atoms with Gasteiger partial charge in [0, 0.05) is 16.8 Å². The fourth-order valence-electron chi connectivity index (χ4n) is 1.96. The van der Waals surface area contributed by atoms with Crippen LogP contribution in [0.3, 0.4) is 0 Å². The molecule has 1 aliphatic heterocycles. The molecule has 1 aromatic carbocycles. The topological polar surface area (TPSA) is 92.2 Å². The Morgan fingerprint density at radius 2 is 1.90 bits per heavy atom. The summed E-state index contributed by atoms with van der Waals surface area (Å²) < 4.78 is 0. The molecule has 0 spiro atoms.